The Bertz CT molecular complexity index is 407. The molecule has 100 valence electrons. The van der Waals surface area contributed by atoms with Crippen LogP contribution in [-0.4, -0.2) is 32.3 Å². The fourth-order valence-electron chi connectivity index (χ4n) is 1.38. The van der Waals surface area contributed by atoms with Gasteiger partial charge in [-0.2, -0.15) is 0 Å². The van der Waals surface area contributed by atoms with Crippen LogP contribution in [0.5, 0.6) is 5.75 Å². The van der Waals surface area contributed by atoms with Crippen molar-refractivity contribution in [2.24, 2.45) is 0 Å². The fraction of sp³-hybridized carbons (Fsp3) is 0.462. The van der Waals surface area contributed by atoms with E-state index in [4.69, 9.17) is 9.47 Å². The number of hydrogen-bond acceptors (Lipinski definition) is 3. The van der Waals surface area contributed by atoms with Gasteiger partial charge in [0, 0.05) is 17.6 Å². The van der Waals surface area contributed by atoms with Crippen LogP contribution in [0.2, 0.25) is 0 Å². The first-order valence-electron chi connectivity index (χ1n) is 5.76. The van der Waals surface area contributed by atoms with Crippen LogP contribution in [0.1, 0.15) is 24.2 Å². The van der Waals surface area contributed by atoms with E-state index in [9.17, 15) is 4.79 Å². The summed E-state index contributed by atoms with van der Waals surface area (Å²) in [7, 11) is 1.61. The minimum atomic E-state index is -0.140. The topological polar surface area (TPSA) is 47.6 Å². The standard InChI is InChI=1S/C13H18BrNO3/c1-9(2)15-13(16)11-8-10(14)4-5-12(11)18-7-6-17-3/h4-5,8-9H,6-7H2,1-3H3,(H,15,16). The quantitative estimate of drug-likeness (QED) is 0.821. The summed E-state index contributed by atoms with van der Waals surface area (Å²) in [4.78, 5) is 12.0. The van der Waals surface area contributed by atoms with Crippen molar-refractivity contribution in [2.45, 2.75) is 19.9 Å². The SMILES string of the molecule is COCCOc1ccc(Br)cc1C(=O)NC(C)C. The summed E-state index contributed by atoms with van der Waals surface area (Å²) in [5.74, 6) is 0.423. The summed E-state index contributed by atoms with van der Waals surface area (Å²) in [5.41, 5.74) is 0.522. The fourth-order valence-corrected chi connectivity index (χ4v) is 1.74. The number of rotatable bonds is 6. The van der Waals surface area contributed by atoms with Crippen LogP contribution in [-0.2, 0) is 4.74 Å². The molecule has 1 N–H and O–H groups in total. The van der Waals surface area contributed by atoms with Crippen LogP contribution in [0.25, 0.3) is 0 Å². The monoisotopic (exact) mass is 315 g/mol. The highest BCUT2D eigenvalue weighted by Crippen LogP contribution is 2.23. The number of hydrogen-bond donors (Lipinski definition) is 1. The predicted octanol–water partition coefficient (Wildman–Crippen LogP) is 2.61. The zero-order chi connectivity index (χ0) is 13.5. The number of methoxy groups -OCH3 is 1. The van der Waals surface area contributed by atoms with E-state index in [-0.39, 0.29) is 11.9 Å². The molecule has 0 saturated heterocycles. The van der Waals surface area contributed by atoms with Crippen molar-refractivity contribution in [3.8, 4) is 5.75 Å². The first-order valence-corrected chi connectivity index (χ1v) is 6.56. The van der Waals surface area contributed by atoms with Crippen molar-refractivity contribution in [1.29, 1.82) is 0 Å². The second-order valence-electron chi connectivity index (χ2n) is 4.11. The zero-order valence-electron chi connectivity index (χ0n) is 10.8. The van der Waals surface area contributed by atoms with Gasteiger partial charge in [0.05, 0.1) is 12.2 Å². The van der Waals surface area contributed by atoms with Crippen molar-refractivity contribution >= 4 is 21.8 Å². The molecule has 0 aromatic heterocycles. The molecule has 0 aliphatic carbocycles. The first kappa shape index (κ1) is 15.0. The molecule has 1 aromatic rings. The van der Waals surface area contributed by atoms with E-state index in [2.05, 4.69) is 21.2 Å². The Balaban J connectivity index is 2.85. The first-order chi connectivity index (χ1) is 8.54. The van der Waals surface area contributed by atoms with E-state index >= 15 is 0 Å². The summed E-state index contributed by atoms with van der Waals surface area (Å²) < 4.78 is 11.3. The Morgan fingerprint density at radius 1 is 1.39 bits per heavy atom. The summed E-state index contributed by atoms with van der Waals surface area (Å²) in [5, 5.41) is 2.85. The van der Waals surface area contributed by atoms with Crippen molar-refractivity contribution in [2.75, 3.05) is 20.3 Å². The van der Waals surface area contributed by atoms with Crippen molar-refractivity contribution in [3.05, 3.63) is 28.2 Å². The van der Waals surface area contributed by atoms with Gasteiger partial charge in [0.1, 0.15) is 12.4 Å². The average molecular weight is 316 g/mol. The number of halogens is 1. The molecule has 0 bridgehead atoms. The molecule has 0 aliphatic heterocycles. The lowest BCUT2D eigenvalue weighted by molar-refractivity contribution is 0.0935. The lowest BCUT2D eigenvalue weighted by Crippen LogP contribution is -2.30. The van der Waals surface area contributed by atoms with Gasteiger partial charge in [-0.25, -0.2) is 0 Å². The molecular weight excluding hydrogens is 298 g/mol. The minimum Gasteiger partial charge on any atom is -0.490 e. The van der Waals surface area contributed by atoms with Crippen LogP contribution in [0, 0.1) is 0 Å². The molecule has 0 heterocycles. The molecule has 0 radical (unpaired) electrons. The highest BCUT2D eigenvalue weighted by atomic mass is 79.9. The summed E-state index contributed by atoms with van der Waals surface area (Å²) >= 11 is 3.35. The third-order valence-corrected chi connectivity index (χ3v) is 2.64. The molecule has 4 nitrogen and oxygen atoms in total. The number of amides is 1. The molecule has 0 spiro atoms. The van der Waals surface area contributed by atoms with Gasteiger partial charge >= 0.3 is 0 Å². The van der Waals surface area contributed by atoms with Gasteiger partial charge in [-0.3, -0.25) is 4.79 Å². The largest absolute Gasteiger partial charge is 0.490 e. The van der Waals surface area contributed by atoms with Crippen LogP contribution >= 0.6 is 15.9 Å². The summed E-state index contributed by atoms with van der Waals surface area (Å²) in [6.07, 6.45) is 0. The second kappa shape index (κ2) is 7.38. The predicted molar refractivity (Wildman–Crippen MR) is 74.1 cm³/mol. The minimum absolute atomic E-state index is 0.0864. The Kier molecular flexibility index (Phi) is 6.15. The van der Waals surface area contributed by atoms with Gasteiger partial charge < -0.3 is 14.8 Å². The maximum absolute atomic E-state index is 12.0. The third kappa shape index (κ3) is 4.66. The third-order valence-electron chi connectivity index (χ3n) is 2.15. The maximum Gasteiger partial charge on any atom is 0.255 e. The molecule has 18 heavy (non-hydrogen) atoms. The van der Waals surface area contributed by atoms with E-state index in [0.717, 1.165) is 4.47 Å². The van der Waals surface area contributed by atoms with Gasteiger partial charge in [0.25, 0.3) is 5.91 Å². The molecule has 0 unspecified atom stereocenters. The Morgan fingerprint density at radius 2 is 2.11 bits per heavy atom. The molecule has 1 rings (SSSR count). The van der Waals surface area contributed by atoms with Crippen LogP contribution in [0.4, 0.5) is 0 Å². The van der Waals surface area contributed by atoms with Gasteiger partial charge in [-0.15, -0.1) is 0 Å². The molecule has 0 aliphatic rings. The number of carbonyl (C=O) groups excluding carboxylic acids is 1. The Hall–Kier alpha value is -1.07. The van der Waals surface area contributed by atoms with Gasteiger partial charge in [0.2, 0.25) is 0 Å². The van der Waals surface area contributed by atoms with Crippen molar-refractivity contribution in [1.82, 2.24) is 5.32 Å². The zero-order valence-corrected chi connectivity index (χ0v) is 12.4. The molecule has 0 atom stereocenters. The van der Waals surface area contributed by atoms with Crippen LogP contribution in [0.15, 0.2) is 22.7 Å². The number of nitrogens with one attached hydrogen (secondary N) is 1. The number of benzene rings is 1. The summed E-state index contributed by atoms with van der Waals surface area (Å²) in [6, 6.07) is 5.45. The smallest absolute Gasteiger partial charge is 0.255 e. The van der Waals surface area contributed by atoms with E-state index in [1.807, 2.05) is 19.9 Å². The molecule has 0 fully saturated rings. The molecule has 1 amide bonds. The lowest BCUT2D eigenvalue weighted by Gasteiger charge is -2.13. The number of ether oxygens (including phenoxy) is 2. The van der Waals surface area contributed by atoms with Crippen LogP contribution < -0.4 is 10.1 Å². The molecule has 0 saturated carbocycles. The Labute approximate surface area is 116 Å². The maximum atomic E-state index is 12.0. The second-order valence-corrected chi connectivity index (χ2v) is 5.03. The highest BCUT2D eigenvalue weighted by molar-refractivity contribution is 9.10. The van der Waals surface area contributed by atoms with E-state index in [1.165, 1.54) is 0 Å². The van der Waals surface area contributed by atoms with Gasteiger partial charge in [-0.1, -0.05) is 15.9 Å². The van der Waals surface area contributed by atoms with Crippen LogP contribution in [0.3, 0.4) is 0 Å². The van der Waals surface area contributed by atoms with Crippen molar-refractivity contribution in [3.63, 3.8) is 0 Å². The molecule has 1 aromatic carbocycles. The van der Waals surface area contributed by atoms with E-state index in [0.29, 0.717) is 24.5 Å². The average Bonchev–Trinajstić information content (AvgIpc) is 2.30. The molecular formula is C13H18BrNO3. The lowest BCUT2D eigenvalue weighted by atomic mass is 10.2. The normalized spacial score (nSPS) is 10.5. The highest BCUT2D eigenvalue weighted by Gasteiger charge is 2.14. The van der Waals surface area contributed by atoms with E-state index < -0.39 is 0 Å². The Morgan fingerprint density at radius 3 is 2.72 bits per heavy atom. The van der Waals surface area contributed by atoms with Gasteiger partial charge in [-0.05, 0) is 32.0 Å². The summed E-state index contributed by atoms with van der Waals surface area (Å²) in [6.45, 7) is 4.74. The molecule has 5 heteroatoms. The van der Waals surface area contributed by atoms with Gasteiger partial charge in [0.15, 0.2) is 0 Å². The van der Waals surface area contributed by atoms with E-state index in [1.54, 1.807) is 19.2 Å². The number of carbonyl (C=O) groups is 1. The van der Waals surface area contributed by atoms with Crippen molar-refractivity contribution < 1.29 is 14.3 Å².